The van der Waals surface area contributed by atoms with Crippen molar-refractivity contribution in [1.29, 1.82) is 0 Å². The number of fused-ring (bicyclic) bond motifs is 1. The molecule has 0 spiro atoms. The summed E-state index contributed by atoms with van der Waals surface area (Å²) in [6.45, 7) is 3.52. The maximum atomic E-state index is 12.9. The number of benzene rings is 1. The number of piperidine rings is 1. The summed E-state index contributed by atoms with van der Waals surface area (Å²) >= 11 is 0. The van der Waals surface area contributed by atoms with Crippen LogP contribution in [0.25, 0.3) is 0 Å². The summed E-state index contributed by atoms with van der Waals surface area (Å²) in [5.41, 5.74) is 6.61. The van der Waals surface area contributed by atoms with Crippen molar-refractivity contribution in [2.24, 2.45) is 5.73 Å². The molecule has 0 aromatic heterocycles. The van der Waals surface area contributed by atoms with Gasteiger partial charge in [-0.25, -0.2) is 0 Å². The highest BCUT2D eigenvalue weighted by atomic mass is 16.2. The molecule has 3 rings (SSSR count). The minimum atomic E-state index is -0.667. The smallest absolute Gasteiger partial charge is 0.246 e. The first-order chi connectivity index (χ1) is 12.9. The molecule has 1 aromatic carbocycles. The molecule has 0 bridgehead atoms. The van der Waals surface area contributed by atoms with Gasteiger partial charge in [0.2, 0.25) is 17.7 Å². The quantitative estimate of drug-likeness (QED) is 0.713. The van der Waals surface area contributed by atoms with Gasteiger partial charge in [-0.3, -0.25) is 14.4 Å². The molecule has 2 aliphatic heterocycles. The van der Waals surface area contributed by atoms with E-state index in [1.54, 1.807) is 11.8 Å². The summed E-state index contributed by atoms with van der Waals surface area (Å²) in [7, 11) is 0. The monoisotopic (exact) mass is 372 g/mol. The molecule has 5 atom stereocenters. The Morgan fingerprint density at radius 3 is 2.44 bits per heavy atom. The summed E-state index contributed by atoms with van der Waals surface area (Å²) in [5, 5.41) is 5.75. The number of carbonyl (C=O) groups is 3. The van der Waals surface area contributed by atoms with Crippen molar-refractivity contribution in [3.63, 3.8) is 0 Å². The predicted octanol–water partition coefficient (Wildman–Crippen LogP) is 0.849. The molecule has 0 aliphatic carbocycles. The van der Waals surface area contributed by atoms with Gasteiger partial charge in [0.05, 0.1) is 12.1 Å². The fraction of sp³-hybridized carbons (Fsp3) is 0.550. The summed E-state index contributed by atoms with van der Waals surface area (Å²) in [5.74, 6) is -0.656. The second-order valence-electron chi connectivity index (χ2n) is 7.56. The van der Waals surface area contributed by atoms with Crippen molar-refractivity contribution >= 4 is 17.7 Å². The maximum Gasteiger partial charge on any atom is 0.246 e. The molecule has 0 radical (unpaired) electrons. The first kappa shape index (κ1) is 19.4. The van der Waals surface area contributed by atoms with E-state index in [4.69, 9.17) is 5.73 Å². The molecule has 0 saturated carbocycles. The minimum absolute atomic E-state index is 0.0729. The zero-order valence-electron chi connectivity index (χ0n) is 15.9. The van der Waals surface area contributed by atoms with Crippen molar-refractivity contribution in [2.75, 3.05) is 0 Å². The largest absolute Gasteiger partial charge is 0.348 e. The number of nitrogens with zero attached hydrogens (tertiary/aromatic N) is 1. The van der Waals surface area contributed by atoms with Crippen LogP contribution >= 0.6 is 0 Å². The number of nitrogens with one attached hydrogen (secondary N) is 2. The number of carbonyl (C=O) groups excluding carboxylic acids is 3. The van der Waals surface area contributed by atoms with E-state index in [0.29, 0.717) is 12.8 Å². The van der Waals surface area contributed by atoms with E-state index in [0.717, 1.165) is 18.4 Å². The molecule has 146 valence electrons. The lowest BCUT2D eigenvalue weighted by molar-refractivity contribution is -0.146. The van der Waals surface area contributed by atoms with E-state index < -0.39 is 18.1 Å². The third kappa shape index (κ3) is 4.13. The molecule has 2 heterocycles. The second kappa shape index (κ2) is 8.08. The van der Waals surface area contributed by atoms with Crippen LogP contribution in [0.1, 0.15) is 51.1 Å². The van der Waals surface area contributed by atoms with Crippen LogP contribution in [0.3, 0.4) is 0 Å². The Morgan fingerprint density at radius 2 is 1.78 bits per heavy atom. The number of hydrogen-bond acceptors (Lipinski definition) is 4. The molecule has 27 heavy (non-hydrogen) atoms. The Morgan fingerprint density at radius 1 is 1.11 bits per heavy atom. The molecular weight excluding hydrogens is 344 g/mol. The van der Waals surface area contributed by atoms with Crippen molar-refractivity contribution in [1.82, 2.24) is 15.5 Å². The van der Waals surface area contributed by atoms with Gasteiger partial charge < -0.3 is 21.3 Å². The SMILES string of the molecule is C[C@H](N)C(=O)N[C@H]1CC[C@H]2CC[C@@H](C(=O)N[C@H](C)c3ccccc3)N2C1=O. The lowest BCUT2D eigenvalue weighted by atomic mass is 9.97. The second-order valence-corrected chi connectivity index (χ2v) is 7.56. The molecule has 0 unspecified atom stereocenters. The normalized spacial score (nSPS) is 26.9. The summed E-state index contributed by atoms with van der Waals surface area (Å²) < 4.78 is 0. The van der Waals surface area contributed by atoms with E-state index in [9.17, 15) is 14.4 Å². The number of amides is 3. The molecule has 3 amide bonds. The van der Waals surface area contributed by atoms with Crippen LogP contribution < -0.4 is 16.4 Å². The fourth-order valence-electron chi connectivity index (χ4n) is 3.99. The van der Waals surface area contributed by atoms with E-state index in [1.165, 1.54) is 0 Å². The first-order valence-electron chi connectivity index (χ1n) is 9.62. The highest BCUT2D eigenvalue weighted by molar-refractivity contribution is 5.94. The average molecular weight is 372 g/mol. The van der Waals surface area contributed by atoms with Gasteiger partial charge in [-0.2, -0.15) is 0 Å². The van der Waals surface area contributed by atoms with Crippen molar-refractivity contribution in [3.05, 3.63) is 35.9 Å². The zero-order valence-corrected chi connectivity index (χ0v) is 15.9. The van der Waals surface area contributed by atoms with E-state index >= 15 is 0 Å². The topological polar surface area (TPSA) is 105 Å². The van der Waals surface area contributed by atoms with Crippen LogP contribution in [0.4, 0.5) is 0 Å². The molecule has 7 heteroatoms. The summed E-state index contributed by atoms with van der Waals surface area (Å²) in [4.78, 5) is 39.3. The van der Waals surface area contributed by atoms with Gasteiger partial charge in [0.15, 0.2) is 0 Å². The highest BCUT2D eigenvalue weighted by Crippen LogP contribution is 2.33. The Bertz CT molecular complexity index is 706. The lowest BCUT2D eigenvalue weighted by Gasteiger charge is -2.38. The van der Waals surface area contributed by atoms with Crippen LogP contribution in [-0.4, -0.2) is 46.8 Å². The van der Waals surface area contributed by atoms with E-state index in [1.807, 2.05) is 37.3 Å². The molecule has 1 aromatic rings. The maximum absolute atomic E-state index is 12.9. The van der Waals surface area contributed by atoms with Crippen molar-refractivity contribution in [2.45, 2.75) is 69.7 Å². The van der Waals surface area contributed by atoms with Gasteiger partial charge in [0.25, 0.3) is 0 Å². The van der Waals surface area contributed by atoms with E-state index in [-0.39, 0.29) is 29.8 Å². The fourth-order valence-corrected chi connectivity index (χ4v) is 3.99. The summed E-state index contributed by atoms with van der Waals surface area (Å²) in [6, 6.07) is 7.93. The van der Waals surface area contributed by atoms with Gasteiger partial charge in [-0.05, 0) is 45.1 Å². The van der Waals surface area contributed by atoms with Gasteiger partial charge in [-0.15, -0.1) is 0 Å². The molecule has 2 saturated heterocycles. The summed E-state index contributed by atoms with van der Waals surface area (Å²) in [6.07, 6.45) is 2.84. The van der Waals surface area contributed by atoms with Gasteiger partial charge in [0, 0.05) is 6.04 Å². The van der Waals surface area contributed by atoms with E-state index in [2.05, 4.69) is 10.6 Å². The van der Waals surface area contributed by atoms with Crippen molar-refractivity contribution < 1.29 is 14.4 Å². The average Bonchev–Trinajstić information content (AvgIpc) is 3.09. The molecular formula is C20H28N4O3. The Balaban J connectivity index is 1.67. The Kier molecular flexibility index (Phi) is 5.79. The van der Waals surface area contributed by atoms with Crippen LogP contribution in [0.5, 0.6) is 0 Å². The first-order valence-corrected chi connectivity index (χ1v) is 9.62. The lowest BCUT2D eigenvalue weighted by Crippen LogP contribution is -2.60. The van der Waals surface area contributed by atoms with Crippen LogP contribution in [0, 0.1) is 0 Å². The van der Waals surface area contributed by atoms with Gasteiger partial charge in [-0.1, -0.05) is 30.3 Å². The van der Waals surface area contributed by atoms with Gasteiger partial charge >= 0.3 is 0 Å². The third-order valence-electron chi connectivity index (χ3n) is 5.53. The predicted molar refractivity (Wildman–Crippen MR) is 101 cm³/mol. The third-order valence-corrected chi connectivity index (χ3v) is 5.53. The zero-order chi connectivity index (χ0) is 19.6. The Labute approximate surface area is 159 Å². The molecule has 2 aliphatic rings. The molecule has 7 nitrogen and oxygen atoms in total. The van der Waals surface area contributed by atoms with Crippen LogP contribution in [-0.2, 0) is 14.4 Å². The number of nitrogens with two attached hydrogens (primary N) is 1. The number of rotatable bonds is 5. The van der Waals surface area contributed by atoms with Crippen molar-refractivity contribution in [3.8, 4) is 0 Å². The van der Waals surface area contributed by atoms with Crippen LogP contribution in [0.15, 0.2) is 30.3 Å². The molecule has 2 fully saturated rings. The van der Waals surface area contributed by atoms with Gasteiger partial charge in [0.1, 0.15) is 12.1 Å². The Hall–Kier alpha value is -2.41. The standard InChI is InChI=1S/C20H28N4O3/c1-12(21)18(25)23-16-10-8-15-9-11-17(24(15)20(16)27)19(26)22-13(2)14-6-4-3-5-7-14/h3-7,12-13,15-17H,8-11,21H2,1-2H3,(H,22,26)(H,23,25)/t12-,13+,15-,16-,17-/m0/s1. The van der Waals surface area contributed by atoms with Crippen LogP contribution in [0.2, 0.25) is 0 Å². The number of hydrogen-bond donors (Lipinski definition) is 3. The minimum Gasteiger partial charge on any atom is -0.348 e. The molecule has 4 N–H and O–H groups in total. The highest BCUT2D eigenvalue weighted by Gasteiger charge is 2.46.